The molecule has 0 radical (unpaired) electrons. The van der Waals surface area contributed by atoms with Gasteiger partial charge in [0.15, 0.2) is 0 Å². The third-order valence-electron chi connectivity index (χ3n) is 2.88. The van der Waals surface area contributed by atoms with Gasteiger partial charge in [0.1, 0.15) is 11.5 Å². The van der Waals surface area contributed by atoms with Gasteiger partial charge >= 0.3 is 0 Å². The van der Waals surface area contributed by atoms with Gasteiger partial charge in [-0.1, -0.05) is 11.8 Å². The van der Waals surface area contributed by atoms with Crippen molar-refractivity contribution in [2.24, 2.45) is 0 Å². The number of thioether (sulfide) groups is 1. The van der Waals surface area contributed by atoms with Gasteiger partial charge in [-0.15, -0.1) is 11.3 Å². The number of rotatable bonds is 7. The van der Waals surface area contributed by atoms with Crippen LogP contribution < -0.4 is 5.32 Å². The van der Waals surface area contributed by atoms with Crippen molar-refractivity contribution in [3.8, 4) is 0 Å². The zero-order valence-corrected chi connectivity index (χ0v) is 13.0. The Kier molecular flexibility index (Phi) is 5.63. The lowest BCUT2D eigenvalue weighted by molar-refractivity contribution is 0.251. The number of hydrogen-bond donors (Lipinski definition) is 1. The topological polar surface area (TPSA) is 25.2 Å². The third-order valence-corrected chi connectivity index (χ3v) is 4.74. The molecule has 1 N–H and O–H groups in total. The molecule has 0 fully saturated rings. The number of thiophene rings is 1. The van der Waals surface area contributed by atoms with E-state index in [0.29, 0.717) is 24.1 Å². The van der Waals surface area contributed by atoms with Gasteiger partial charge in [0.05, 0.1) is 12.3 Å². The maximum absolute atomic E-state index is 12.1. The lowest BCUT2D eigenvalue weighted by atomic mass is 10.3. The molecule has 0 unspecified atom stereocenters. The molecule has 0 amide bonds. The second-order valence-electron chi connectivity index (χ2n) is 4.50. The molecule has 2 aromatic rings. The van der Waals surface area contributed by atoms with Crippen molar-refractivity contribution < 1.29 is 13.2 Å². The fourth-order valence-electron chi connectivity index (χ4n) is 1.79. The largest absolute Gasteiger partial charge is 0.464 e. The van der Waals surface area contributed by atoms with E-state index in [9.17, 15) is 8.78 Å². The second-order valence-corrected chi connectivity index (χ2v) is 6.81. The van der Waals surface area contributed by atoms with E-state index in [1.54, 1.807) is 17.4 Å². The van der Waals surface area contributed by atoms with Gasteiger partial charge < -0.3 is 9.73 Å². The molecule has 0 spiro atoms. The Bertz CT molecular complexity index is 532. The highest BCUT2D eigenvalue weighted by Gasteiger charge is 2.07. The maximum Gasteiger partial charge on any atom is 0.284 e. The number of alkyl halides is 2. The first-order valence-corrected chi connectivity index (χ1v) is 8.15. The normalized spacial score (nSPS) is 11.4. The predicted molar refractivity (Wildman–Crippen MR) is 80.3 cm³/mol. The first kappa shape index (κ1) is 15.5. The average molecular weight is 317 g/mol. The SMILES string of the molecule is Cc1cc(CNCc2ccc(CSC(F)F)o2)sc1C. The summed E-state index contributed by atoms with van der Waals surface area (Å²) < 4.78 is 29.6. The minimum Gasteiger partial charge on any atom is -0.464 e. The smallest absolute Gasteiger partial charge is 0.284 e. The molecular weight excluding hydrogens is 300 g/mol. The molecule has 110 valence electrons. The van der Waals surface area contributed by atoms with E-state index in [1.807, 2.05) is 6.07 Å². The standard InChI is InChI=1S/C14H17F2NOS2/c1-9-5-13(20-10(9)2)7-17-6-11-3-4-12(18-11)8-19-14(15)16/h3-5,14,17H,6-8H2,1-2H3. The molecule has 0 aliphatic carbocycles. The Morgan fingerprint density at radius 2 is 2.00 bits per heavy atom. The third kappa shape index (κ3) is 4.61. The van der Waals surface area contributed by atoms with Crippen LogP contribution in [0, 0.1) is 13.8 Å². The van der Waals surface area contributed by atoms with Crippen molar-refractivity contribution in [2.75, 3.05) is 0 Å². The molecule has 0 bridgehead atoms. The molecule has 2 heterocycles. The fourth-order valence-corrected chi connectivity index (χ4v) is 3.25. The molecule has 0 aliphatic heterocycles. The zero-order valence-electron chi connectivity index (χ0n) is 11.4. The van der Waals surface area contributed by atoms with E-state index in [-0.39, 0.29) is 5.75 Å². The average Bonchev–Trinajstić information content (AvgIpc) is 2.95. The summed E-state index contributed by atoms with van der Waals surface area (Å²) in [5.74, 6) is -0.775. The molecule has 6 heteroatoms. The zero-order chi connectivity index (χ0) is 14.5. The molecule has 0 saturated heterocycles. The van der Waals surface area contributed by atoms with Crippen LogP contribution in [0.25, 0.3) is 0 Å². The van der Waals surface area contributed by atoms with Crippen LogP contribution in [-0.2, 0) is 18.8 Å². The highest BCUT2D eigenvalue weighted by atomic mass is 32.2. The van der Waals surface area contributed by atoms with Gasteiger partial charge in [0, 0.05) is 16.3 Å². The highest BCUT2D eigenvalue weighted by Crippen LogP contribution is 2.22. The minimum atomic E-state index is -2.35. The van der Waals surface area contributed by atoms with Gasteiger partial charge in [0.2, 0.25) is 0 Å². The molecule has 0 atom stereocenters. The Morgan fingerprint density at radius 3 is 2.65 bits per heavy atom. The number of hydrogen-bond acceptors (Lipinski definition) is 4. The van der Waals surface area contributed by atoms with Gasteiger partial charge in [-0.05, 0) is 37.6 Å². The van der Waals surface area contributed by atoms with Gasteiger partial charge in [-0.2, -0.15) is 8.78 Å². The van der Waals surface area contributed by atoms with Crippen LogP contribution in [0.5, 0.6) is 0 Å². The summed E-state index contributed by atoms with van der Waals surface area (Å²) >= 11 is 2.36. The van der Waals surface area contributed by atoms with Crippen LogP contribution in [0.2, 0.25) is 0 Å². The molecule has 2 aromatic heterocycles. The van der Waals surface area contributed by atoms with E-state index >= 15 is 0 Å². The minimum absolute atomic E-state index is 0.209. The van der Waals surface area contributed by atoms with E-state index in [1.165, 1.54) is 15.3 Å². The van der Waals surface area contributed by atoms with Gasteiger partial charge in [-0.3, -0.25) is 0 Å². The first-order valence-electron chi connectivity index (χ1n) is 6.28. The lowest BCUT2D eigenvalue weighted by Crippen LogP contribution is -2.11. The second kappa shape index (κ2) is 7.24. The Balaban J connectivity index is 1.76. The van der Waals surface area contributed by atoms with E-state index in [0.717, 1.165) is 12.3 Å². The molecule has 2 nitrogen and oxygen atoms in total. The molecule has 0 aromatic carbocycles. The summed E-state index contributed by atoms with van der Waals surface area (Å²) in [6.45, 7) is 5.62. The summed E-state index contributed by atoms with van der Waals surface area (Å²) in [6, 6.07) is 5.77. The summed E-state index contributed by atoms with van der Waals surface area (Å²) in [5, 5.41) is 3.30. The van der Waals surface area contributed by atoms with Crippen molar-refractivity contribution in [1.82, 2.24) is 5.32 Å². The van der Waals surface area contributed by atoms with Crippen LogP contribution in [0.3, 0.4) is 0 Å². The summed E-state index contributed by atoms with van der Waals surface area (Å²) in [5.41, 5.74) is 1.32. The predicted octanol–water partition coefficient (Wildman–Crippen LogP) is 4.70. The van der Waals surface area contributed by atoms with E-state index in [2.05, 4.69) is 25.2 Å². The van der Waals surface area contributed by atoms with Crippen LogP contribution in [0.1, 0.15) is 26.8 Å². The van der Waals surface area contributed by atoms with Crippen molar-refractivity contribution >= 4 is 23.1 Å². The molecule has 0 aliphatic rings. The Labute approximate surface area is 125 Å². The monoisotopic (exact) mass is 317 g/mol. The summed E-state index contributed by atoms with van der Waals surface area (Å²) in [6.07, 6.45) is 0. The molecule has 20 heavy (non-hydrogen) atoms. The van der Waals surface area contributed by atoms with Gasteiger partial charge in [0.25, 0.3) is 5.76 Å². The quantitative estimate of drug-likeness (QED) is 0.801. The summed E-state index contributed by atoms with van der Waals surface area (Å²) in [7, 11) is 0. The maximum atomic E-state index is 12.1. The van der Waals surface area contributed by atoms with Crippen molar-refractivity contribution in [3.63, 3.8) is 0 Å². The fraction of sp³-hybridized carbons (Fsp3) is 0.429. The molecule has 2 rings (SSSR count). The highest BCUT2D eigenvalue weighted by molar-refractivity contribution is 7.98. The first-order chi connectivity index (χ1) is 9.54. The number of halogens is 2. The lowest BCUT2D eigenvalue weighted by Gasteiger charge is -2.00. The Morgan fingerprint density at radius 1 is 1.25 bits per heavy atom. The molecular formula is C14H17F2NOS2. The number of nitrogens with one attached hydrogen (secondary N) is 1. The van der Waals surface area contributed by atoms with E-state index < -0.39 is 5.76 Å². The van der Waals surface area contributed by atoms with Crippen molar-refractivity contribution in [3.05, 3.63) is 45.0 Å². The number of furan rings is 1. The van der Waals surface area contributed by atoms with E-state index in [4.69, 9.17) is 4.42 Å². The Hall–Kier alpha value is -0.850. The van der Waals surface area contributed by atoms with Crippen LogP contribution in [0.15, 0.2) is 22.6 Å². The van der Waals surface area contributed by atoms with Gasteiger partial charge in [-0.25, -0.2) is 0 Å². The number of aryl methyl sites for hydroxylation is 2. The van der Waals surface area contributed by atoms with Crippen LogP contribution >= 0.6 is 23.1 Å². The van der Waals surface area contributed by atoms with Crippen molar-refractivity contribution in [1.29, 1.82) is 0 Å². The van der Waals surface area contributed by atoms with Crippen LogP contribution in [0.4, 0.5) is 8.78 Å². The van der Waals surface area contributed by atoms with Crippen LogP contribution in [-0.4, -0.2) is 5.76 Å². The molecule has 0 saturated carbocycles. The summed E-state index contributed by atoms with van der Waals surface area (Å²) in [4.78, 5) is 2.63. The van der Waals surface area contributed by atoms with Crippen molar-refractivity contribution in [2.45, 2.75) is 38.4 Å².